The first-order chi connectivity index (χ1) is 9.70. The van der Waals surface area contributed by atoms with Crippen LogP contribution in [0.1, 0.15) is 20.0 Å². The van der Waals surface area contributed by atoms with Gasteiger partial charge in [-0.05, 0) is 29.6 Å². The van der Waals surface area contributed by atoms with Gasteiger partial charge in [-0.1, -0.05) is 12.1 Å². The summed E-state index contributed by atoms with van der Waals surface area (Å²) in [6.45, 7) is 0.0885. The van der Waals surface area contributed by atoms with E-state index in [1.54, 1.807) is 36.4 Å². The van der Waals surface area contributed by atoms with Gasteiger partial charge >= 0.3 is 0 Å². The minimum Gasteiger partial charge on any atom is -0.395 e. The monoisotopic (exact) mass is 290 g/mol. The molecule has 2 amide bonds. The summed E-state index contributed by atoms with van der Waals surface area (Å²) in [6, 6.07) is 10.2. The summed E-state index contributed by atoms with van der Waals surface area (Å²) in [5.41, 5.74) is 0.988. The largest absolute Gasteiger partial charge is 0.395 e. The second-order valence-electron chi connectivity index (χ2n) is 3.99. The van der Waals surface area contributed by atoms with E-state index in [1.807, 2.05) is 5.38 Å². The molecule has 5 nitrogen and oxygen atoms in total. The smallest absolute Gasteiger partial charge is 0.265 e. The van der Waals surface area contributed by atoms with Gasteiger partial charge in [0, 0.05) is 17.8 Å². The number of thiophene rings is 1. The van der Waals surface area contributed by atoms with Crippen molar-refractivity contribution >= 4 is 28.8 Å². The molecule has 6 heteroatoms. The Labute approximate surface area is 120 Å². The molecule has 0 bridgehead atoms. The molecule has 1 aromatic heterocycles. The third kappa shape index (κ3) is 3.66. The lowest BCUT2D eigenvalue weighted by Gasteiger charge is -2.07. The number of benzene rings is 1. The van der Waals surface area contributed by atoms with Crippen LogP contribution in [-0.4, -0.2) is 30.1 Å². The molecule has 0 saturated heterocycles. The minimum atomic E-state index is -0.286. The fourth-order valence-corrected chi connectivity index (χ4v) is 2.23. The van der Waals surface area contributed by atoms with Crippen LogP contribution >= 0.6 is 11.3 Å². The average molecular weight is 290 g/mol. The van der Waals surface area contributed by atoms with E-state index in [0.29, 0.717) is 16.1 Å². The van der Waals surface area contributed by atoms with Crippen LogP contribution in [0.3, 0.4) is 0 Å². The van der Waals surface area contributed by atoms with Crippen LogP contribution in [0, 0.1) is 0 Å². The number of rotatable bonds is 5. The maximum atomic E-state index is 11.9. The van der Waals surface area contributed by atoms with E-state index < -0.39 is 0 Å². The minimum absolute atomic E-state index is 0.111. The predicted octanol–water partition coefficient (Wildman–Crippen LogP) is 1.72. The van der Waals surface area contributed by atoms with Gasteiger partial charge in [-0.15, -0.1) is 11.3 Å². The van der Waals surface area contributed by atoms with E-state index >= 15 is 0 Å². The molecule has 3 N–H and O–H groups in total. The Bertz CT molecular complexity index is 596. The first kappa shape index (κ1) is 14.2. The highest BCUT2D eigenvalue weighted by molar-refractivity contribution is 7.12. The Morgan fingerprint density at radius 2 is 2.00 bits per heavy atom. The summed E-state index contributed by atoms with van der Waals surface area (Å²) in [4.78, 5) is 24.2. The van der Waals surface area contributed by atoms with Crippen LogP contribution < -0.4 is 10.6 Å². The summed E-state index contributed by atoms with van der Waals surface area (Å²) in [5, 5.41) is 15.8. The number of anilines is 1. The highest BCUT2D eigenvalue weighted by Crippen LogP contribution is 2.14. The molecule has 0 atom stereocenters. The van der Waals surface area contributed by atoms with Crippen molar-refractivity contribution in [1.82, 2.24) is 5.32 Å². The number of amides is 2. The second kappa shape index (κ2) is 6.83. The lowest BCUT2D eigenvalue weighted by atomic mass is 10.2. The van der Waals surface area contributed by atoms with Crippen molar-refractivity contribution in [3.8, 4) is 0 Å². The van der Waals surface area contributed by atoms with Crippen molar-refractivity contribution in [2.75, 3.05) is 18.5 Å². The summed E-state index contributed by atoms with van der Waals surface area (Å²) in [7, 11) is 0. The van der Waals surface area contributed by atoms with E-state index in [2.05, 4.69) is 10.6 Å². The quantitative estimate of drug-likeness (QED) is 0.784. The Balaban J connectivity index is 2.06. The zero-order valence-electron chi connectivity index (χ0n) is 10.6. The van der Waals surface area contributed by atoms with Gasteiger partial charge in [-0.3, -0.25) is 9.59 Å². The molecule has 0 radical (unpaired) electrons. The van der Waals surface area contributed by atoms with Gasteiger partial charge in [-0.2, -0.15) is 0 Å². The molecule has 0 aliphatic heterocycles. The Morgan fingerprint density at radius 3 is 2.70 bits per heavy atom. The van der Waals surface area contributed by atoms with Gasteiger partial charge in [0.15, 0.2) is 0 Å². The van der Waals surface area contributed by atoms with Gasteiger partial charge in [0.1, 0.15) is 0 Å². The average Bonchev–Trinajstić information content (AvgIpc) is 2.99. The number of aliphatic hydroxyl groups excluding tert-OH is 1. The zero-order valence-corrected chi connectivity index (χ0v) is 11.4. The maximum Gasteiger partial charge on any atom is 0.265 e. The Morgan fingerprint density at radius 1 is 1.15 bits per heavy atom. The number of nitrogens with one attached hydrogen (secondary N) is 2. The summed E-state index contributed by atoms with van der Waals surface area (Å²) >= 11 is 1.35. The highest BCUT2D eigenvalue weighted by Gasteiger charge is 2.09. The standard InChI is InChI=1S/C14H14N2O3S/c17-7-6-15-13(18)10-3-1-4-11(9-10)16-14(19)12-5-2-8-20-12/h1-5,8-9,17H,6-7H2,(H,15,18)(H,16,19). The van der Waals surface area contributed by atoms with E-state index in [9.17, 15) is 9.59 Å². The lowest BCUT2D eigenvalue weighted by molar-refractivity contribution is 0.0943. The van der Waals surface area contributed by atoms with Crippen LogP contribution in [0.2, 0.25) is 0 Å². The predicted molar refractivity (Wildman–Crippen MR) is 78.1 cm³/mol. The van der Waals surface area contributed by atoms with Crippen LogP contribution in [0.15, 0.2) is 41.8 Å². The van der Waals surface area contributed by atoms with E-state index in [4.69, 9.17) is 5.11 Å². The van der Waals surface area contributed by atoms with E-state index in [0.717, 1.165) is 0 Å². The molecule has 0 saturated carbocycles. The molecule has 0 spiro atoms. The van der Waals surface area contributed by atoms with Crippen LogP contribution in [0.25, 0.3) is 0 Å². The van der Waals surface area contributed by atoms with E-state index in [1.165, 1.54) is 11.3 Å². The van der Waals surface area contributed by atoms with Crippen molar-refractivity contribution in [2.45, 2.75) is 0 Å². The van der Waals surface area contributed by atoms with Gasteiger partial charge in [0.05, 0.1) is 11.5 Å². The normalized spacial score (nSPS) is 10.1. The maximum absolute atomic E-state index is 11.9. The first-order valence-electron chi connectivity index (χ1n) is 6.04. The number of carbonyl (C=O) groups excluding carboxylic acids is 2. The lowest BCUT2D eigenvalue weighted by Crippen LogP contribution is -2.26. The van der Waals surface area contributed by atoms with Gasteiger partial charge < -0.3 is 15.7 Å². The number of carbonyl (C=O) groups is 2. The van der Waals surface area contributed by atoms with Gasteiger partial charge in [0.2, 0.25) is 0 Å². The van der Waals surface area contributed by atoms with Crippen molar-refractivity contribution in [3.63, 3.8) is 0 Å². The molecule has 1 heterocycles. The Hall–Kier alpha value is -2.18. The van der Waals surface area contributed by atoms with Crippen molar-refractivity contribution in [1.29, 1.82) is 0 Å². The summed E-state index contributed by atoms with van der Waals surface area (Å²) in [6.07, 6.45) is 0. The molecule has 0 aliphatic rings. The van der Waals surface area contributed by atoms with Gasteiger partial charge in [0.25, 0.3) is 11.8 Å². The third-order valence-corrected chi connectivity index (χ3v) is 3.39. The molecule has 0 unspecified atom stereocenters. The van der Waals surface area contributed by atoms with Crippen molar-refractivity contribution in [3.05, 3.63) is 52.2 Å². The molecular formula is C14H14N2O3S. The fraction of sp³-hybridized carbons (Fsp3) is 0.143. The number of aliphatic hydroxyl groups is 1. The summed E-state index contributed by atoms with van der Waals surface area (Å²) < 4.78 is 0. The third-order valence-electron chi connectivity index (χ3n) is 2.52. The molecule has 1 aromatic carbocycles. The van der Waals surface area contributed by atoms with Crippen LogP contribution in [0.5, 0.6) is 0 Å². The molecule has 0 aliphatic carbocycles. The molecule has 0 fully saturated rings. The molecule has 2 rings (SSSR count). The van der Waals surface area contributed by atoms with Crippen LogP contribution in [0.4, 0.5) is 5.69 Å². The molecular weight excluding hydrogens is 276 g/mol. The molecule has 104 valence electrons. The highest BCUT2D eigenvalue weighted by atomic mass is 32.1. The Kier molecular flexibility index (Phi) is 4.86. The topological polar surface area (TPSA) is 78.4 Å². The SMILES string of the molecule is O=C(NCCO)c1cccc(NC(=O)c2cccs2)c1. The number of hydrogen-bond donors (Lipinski definition) is 3. The van der Waals surface area contributed by atoms with Gasteiger partial charge in [-0.25, -0.2) is 0 Å². The molecule has 2 aromatic rings. The zero-order chi connectivity index (χ0) is 14.4. The van der Waals surface area contributed by atoms with Crippen LogP contribution in [-0.2, 0) is 0 Å². The second-order valence-corrected chi connectivity index (χ2v) is 4.94. The van der Waals surface area contributed by atoms with Crippen molar-refractivity contribution < 1.29 is 14.7 Å². The number of hydrogen-bond acceptors (Lipinski definition) is 4. The summed E-state index contributed by atoms with van der Waals surface area (Å²) in [5.74, 6) is -0.487. The van der Waals surface area contributed by atoms with Crippen molar-refractivity contribution in [2.24, 2.45) is 0 Å². The first-order valence-corrected chi connectivity index (χ1v) is 6.92. The van der Waals surface area contributed by atoms with E-state index in [-0.39, 0.29) is 25.0 Å². The fourth-order valence-electron chi connectivity index (χ4n) is 1.61. The molecule has 20 heavy (non-hydrogen) atoms.